The van der Waals surface area contributed by atoms with Crippen molar-refractivity contribution in [2.75, 3.05) is 42.3 Å². The van der Waals surface area contributed by atoms with Crippen LogP contribution in [-0.2, 0) is 33.6 Å². The summed E-state index contributed by atoms with van der Waals surface area (Å²) in [5, 5.41) is 7.23. The first-order chi connectivity index (χ1) is 37.0. The highest BCUT2D eigenvalue weighted by molar-refractivity contribution is 6.30. The lowest BCUT2D eigenvalue weighted by Gasteiger charge is -2.23. The number of likely N-dealkylation sites (N-methyl/N-ethyl adjacent to an activating group) is 1. The molecule has 2 atom stereocenters. The Balaban J connectivity index is 0.952. The van der Waals surface area contributed by atoms with Gasteiger partial charge in [0.05, 0.1) is 13.2 Å². The molecule has 0 saturated heterocycles. The third kappa shape index (κ3) is 13.4. The molecule has 2 N–H and O–H groups in total. The normalized spacial score (nSPS) is 11.8. The Hall–Kier alpha value is -9.00. The van der Waals surface area contributed by atoms with Crippen molar-refractivity contribution in [3.63, 3.8) is 0 Å². The number of anilines is 3. The number of aromatic nitrogens is 1. The van der Waals surface area contributed by atoms with E-state index in [1.165, 1.54) is 0 Å². The van der Waals surface area contributed by atoms with Gasteiger partial charge in [-0.05, 0) is 102 Å². The van der Waals surface area contributed by atoms with E-state index >= 15 is 0 Å². The molecular formula is C63H55ClN4O8. The molecule has 8 aromatic carbocycles. The number of fused-ring (bicyclic) bond motifs is 1. The van der Waals surface area contributed by atoms with Crippen molar-refractivity contribution in [1.29, 1.82) is 0 Å². The summed E-state index contributed by atoms with van der Waals surface area (Å²) in [6.07, 6.45) is 0.812. The minimum atomic E-state index is -1.16. The van der Waals surface area contributed by atoms with Crippen LogP contribution in [0.25, 0.3) is 11.1 Å². The molecule has 0 radical (unpaired) electrons. The first-order valence-corrected chi connectivity index (χ1v) is 25.3. The number of hydrogen-bond acceptors (Lipinski definition) is 12. The Bertz CT molecular complexity index is 3400. The van der Waals surface area contributed by atoms with E-state index in [-0.39, 0.29) is 24.4 Å². The summed E-state index contributed by atoms with van der Waals surface area (Å²) in [6.45, 7) is 3.13. The molecule has 0 aliphatic heterocycles. The van der Waals surface area contributed by atoms with Crippen LogP contribution in [0.1, 0.15) is 54.1 Å². The standard InChI is InChI=1S/C63H55ClN4O8/c1-42-14-6-7-17-50(42)60(70)52-19-9-11-21-54(52)66-57(41-45-28-34-49(35-29-45)74-39-37-68(2)63-67-55-22-12-13-23-58(55)75-63)62(72)76-61(71)56(65-53-20-10-8-18-51(53)59(69)46-15-4-3-5-16-46)40-44-26-32-48(33-27-44)73-38-36-43-24-30-47(64)31-25-43/h3-35,56-57,65-66H,36-41H2,1-2H3. The summed E-state index contributed by atoms with van der Waals surface area (Å²) in [5.41, 5.74) is 7.23. The van der Waals surface area contributed by atoms with Crippen LogP contribution in [0.15, 0.2) is 205 Å². The van der Waals surface area contributed by atoms with E-state index in [1.54, 1.807) is 84.9 Å². The molecule has 0 bridgehead atoms. The van der Waals surface area contributed by atoms with E-state index in [4.69, 9.17) is 30.2 Å². The van der Waals surface area contributed by atoms with Crippen molar-refractivity contribution in [3.8, 4) is 11.5 Å². The molecule has 9 aromatic rings. The number of hydrogen-bond donors (Lipinski definition) is 2. The monoisotopic (exact) mass is 1030 g/mol. The topological polar surface area (TPSA) is 149 Å². The van der Waals surface area contributed by atoms with Gasteiger partial charge in [-0.25, -0.2) is 9.59 Å². The van der Waals surface area contributed by atoms with Gasteiger partial charge < -0.3 is 34.2 Å². The quantitative estimate of drug-likeness (QED) is 0.0357. The zero-order valence-electron chi connectivity index (χ0n) is 42.0. The third-order valence-electron chi connectivity index (χ3n) is 12.8. The van der Waals surface area contributed by atoms with E-state index in [0.717, 1.165) is 27.8 Å². The van der Waals surface area contributed by atoms with Crippen molar-refractivity contribution in [2.24, 2.45) is 0 Å². The van der Waals surface area contributed by atoms with Gasteiger partial charge in [-0.3, -0.25) is 9.59 Å². The van der Waals surface area contributed by atoms with Gasteiger partial charge in [0.25, 0.3) is 6.01 Å². The Morgan fingerprint density at radius 3 is 1.64 bits per heavy atom. The lowest BCUT2D eigenvalue weighted by molar-refractivity contribution is -0.160. The average molecular weight is 1030 g/mol. The number of rotatable bonds is 23. The largest absolute Gasteiger partial charge is 0.493 e. The Morgan fingerprint density at radius 1 is 0.553 bits per heavy atom. The number of nitrogens with one attached hydrogen (secondary N) is 2. The lowest BCUT2D eigenvalue weighted by atomic mass is 9.97. The highest BCUT2D eigenvalue weighted by Crippen LogP contribution is 2.27. The summed E-state index contributed by atoms with van der Waals surface area (Å²) in [6, 6.07) is 58.0. The van der Waals surface area contributed by atoms with Gasteiger partial charge >= 0.3 is 11.9 Å². The highest BCUT2D eigenvalue weighted by Gasteiger charge is 2.31. The zero-order chi connectivity index (χ0) is 52.8. The van der Waals surface area contributed by atoms with Crippen LogP contribution >= 0.6 is 11.6 Å². The van der Waals surface area contributed by atoms with E-state index in [0.29, 0.717) is 87.9 Å². The van der Waals surface area contributed by atoms with E-state index in [2.05, 4.69) is 15.6 Å². The van der Waals surface area contributed by atoms with Gasteiger partial charge in [-0.15, -0.1) is 0 Å². The van der Waals surface area contributed by atoms with Crippen LogP contribution < -0.4 is 25.0 Å². The number of carbonyl (C=O) groups is 4. The molecule has 1 aromatic heterocycles. The van der Waals surface area contributed by atoms with Crippen molar-refractivity contribution < 1.29 is 37.8 Å². The number of ether oxygens (including phenoxy) is 3. The molecule has 382 valence electrons. The van der Waals surface area contributed by atoms with Gasteiger partial charge in [0.2, 0.25) is 0 Å². The van der Waals surface area contributed by atoms with Crippen molar-refractivity contribution in [3.05, 3.63) is 250 Å². The fourth-order valence-electron chi connectivity index (χ4n) is 8.61. The van der Waals surface area contributed by atoms with Crippen LogP contribution in [0, 0.1) is 6.92 Å². The molecule has 2 unspecified atom stereocenters. The second-order valence-corrected chi connectivity index (χ2v) is 18.7. The zero-order valence-corrected chi connectivity index (χ0v) is 42.7. The number of oxazole rings is 1. The number of esters is 2. The lowest BCUT2D eigenvalue weighted by Crippen LogP contribution is -2.40. The van der Waals surface area contributed by atoms with E-state index in [1.807, 2.05) is 134 Å². The van der Waals surface area contributed by atoms with E-state index < -0.39 is 24.0 Å². The molecule has 12 nitrogen and oxygen atoms in total. The maximum Gasteiger partial charge on any atom is 0.336 e. The maximum absolute atomic E-state index is 14.7. The van der Waals surface area contributed by atoms with Gasteiger partial charge in [0.15, 0.2) is 17.1 Å². The summed E-state index contributed by atoms with van der Waals surface area (Å²) >= 11 is 6.06. The Kier molecular flexibility index (Phi) is 16.9. The molecule has 13 heteroatoms. The number of ketones is 2. The molecule has 76 heavy (non-hydrogen) atoms. The third-order valence-corrected chi connectivity index (χ3v) is 13.1. The SMILES string of the molecule is Cc1ccccc1C(=O)c1ccccc1NC(Cc1ccc(OCCN(C)c2nc3ccccc3o2)cc1)C(=O)OC(=O)C(Cc1ccc(OCCc2ccc(Cl)cc2)cc1)Nc1ccccc1C(=O)c1ccccc1. The number of para-hydroxylation sites is 4. The van der Waals surface area contributed by atoms with Crippen molar-refractivity contribution in [1.82, 2.24) is 4.98 Å². The fourth-order valence-corrected chi connectivity index (χ4v) is 8.73. The molecule has 1 heterocycles. The number of carbonyl (C=O) groups excluding carboxylic acids is 4. The first kappa shape index (κ1) is 51.9. The second kappa shape index (κ2) is 24.8. The van der Waals surface area contributed by atoms with Gasteiger partial charge in [-0.1, -0.05) is 139 Å². The Morgan fingerprint density at radius 2 is 1.05 bits per heavy atom. The van der Waals surface area contributed by atoms with Gasteiger partial charge in [-0.2, -0.15) is 4.98 Å². The van der Waals surface area contributed by atoms with Crippen LogP contribution in [0.4, 0.5) is 17.4 Å². The molecule has 0 aliphatic rings. The molecule has 0 aliphatic carbocycles. The number of halogens is 1. The van der Waals surface area contributed by atoms with Gasteiger partial charge in [0.1, 0.15) is 35.7 Å². The summed E-state index contributed by atoms with van der Waals surface area (Å²) < 4.78 is 23.9. The van der Waals surface area contributed by atoms with Crippen LogP contribution in [0.3, 0.4) is 0 Å². The number of nitrogens with zero attached hydrogens (tertiary/aromatic N) is 2. The first-order valence-electron chi connectivity index (χ1n) is 25.0. The molecule has 0 spiro atoms. The van der Waals surface area contributed by atoms with Gasteiger partial charge in [0, 0.05) is 65.0 Å². The maximum atomic E-state index is 14.7. The van der Waals surface area contributed by atoms with Crippen molar-refractivity contribution >= 4 is 63.6 Å². The minimum Gasteiger partial charge on any atom is -0.493 e. The predicted molar refractivity (Wildman–Crippen MR) is 297 cm³/mol. The molecular weight excluding hydrogens is 976 g/mol. The highest BCUT2D eigenvalue weighted by atomic mass is 35.5. The fraction of sp³-hybridized carbons (Fsp3) is 0.159. The van der Waals surface area contributed by atoms with E-state index in [9.17, 15) is 19.2 Å². The summed E-state index contributed by atoms with van der Waals surface area (Å²) in [5.74, 6) is -1.01. The molecule has 9 rings (SSSR count). The van der Waals surface area contributed by atoms with Crippen LogP contribution in [0.2, 0.25) is 5.02 Å². The molecule has 0 amide bonds. The number of benzene rings is 8. The number of aryl methyl sites for hydroxylation is 1. The second-order valence-electron chi connectivity index (χ2n) is 18.2. The smallest absolute Gasteiger partial charge is 0.336 e. The van der Waals surface area contributed by atoms with Crippen LogP contribution in [0.5, 0.6) is 11.5 Å². The van der Waals surface area contributed by atoms with Crippen molar-refractivity contribution in [2.45, 2.75) is 38.3 Å². The average Bonchev–Trinajstić information content (AvgIpc) is 3.89. The minimum absolute atomic E-state index is 0.0612. The molecule has 0 saturated carbocycles. The summed E-state index contributed by atoms with van der Waals surface area (Å²) in [7, 11) is 1.88. The Labute approximate surface area is 446 Å². The molecule has 0 fully saturated rings. The predicted octanol–water partition coefficient (Wildman–Crippen LogP) is 12.2. The summed E-state index contributed by atoms with van der Waals surface area (Å²) in [4.78, 5) is 63.9. The van der Waals surface area contributed by atoms with Crippen LogP contribution in [-0.4, -0.2) is 67.4 Å².